The van der Waals surface area contributed by atoms with Crippen molar-refractivity contribution >= 4 is 17.3 Å². The van der Waals surface area contributed by atoms with Gasteiger partial charge in [0.15, 0.2) is 0 Å². The van der Waals surface area contributed by atoms with Crippen LogP contribution in [0.4, 0.5) is 10.1 Å². The summed E-state index contributed by atoms with van der Waals surface area (Å²) in [5, 5.41) is 5.89. The van der Waals surface area contributed by atoms with Gasteiger partial charge in [-0.05, 0) is 35.4 Å². The van der Waals surface area contributed by atoms with E-state index < -0.39 is 0 Å². The maximum atomic E-state index is 13.1. The molecule has 1 aliphatic rings. The van der Waals surface area contributed by atoms with Crippen molar-refractivity contribution in [1.29, 1.82) is 0 Å². The van der Waals surface area contributed by atoms with E-state index in [1.807, 2.05) is 12.1 Å². The zero-order valence-corrected chi connectivity index (χ0v) is 12.2. The van der Waals surface area contributed by atoms with E-state index >= 15 is 0 Å². The van der Waals surface area contributed by atoms with Gasteiger partial charge in [0.1, 0.15) is 5.82 Å². The highest BCUT2D eigenvalue weighted by molar-refractivity contribution is 6.03. The Hall–Kier alpha value is -2.69. The van der Waals surface area contributed by atoms with Crippen molar-refractivity contribution in [2.75, 3.05) is 5.73 Å². The Morgan fingerprint density at radius 2 is 1.82 bits per heavy atom. The topological polar surface area (TPSA) is 58.7 Å². The number of nitrogens with zero attached hydrogens (tertiary/aromatic N) is 2. The van der Waals surface area contributed by atoms with Crippen LogP contribution in [0.25, 0.3) is 0 Å². The Morgan fingerprint density at radius 1 is 1.18 bits per heavy atom. The normalized spacial score (nSPS) is 17.5. The van der Waals surface area contributed by atoms with Gasteiger partial charge in [-0.25, -0.2) is 9.40 Å². The minimum atomic E-state index is -0.296. The number of amides is 1. The molecule has 4 nitrogen and oxygen atoms in total. The van der Waals surface area contributed by atoms with Crippen LogP contribution in [0.3, 0.4) is 0 Å². The van der Waals surface area contributed by atoms with Gasteiger partial charge in [0.2, 0.25) is 5.91 Å². The minimum Gasteiger partial charge on any atom is -0.399 e. The van der Waals surface area contributed by atoms with E-state index in [4.69, 9.17) is 5.73 Å². The molecule has 22 heavy (non-hydrogen) atoms. The van der Waals surface area contributed by atoms with E-state index in [1.165, 1.54) is 24.1 Å². The average Bonchev–Trinajstić information content (AvgIpc) is 2.94. The number of rotatable bonds is 2. The number of benzene rings is 2. The van der Waals surface area contributed by atoms with Crippen molar-refractivity contribution in [2.24, 2.45) is 5.10 Å². The summed E-state index contributed by atoms with van der Waals surface area (Å²) in [7, 11) is 0. The van der Waals surface area contributed by atoms with E-state index in [9.17, 15) is 9.18 Å². The van der Waals surface area contributed by atoms with Crippen LogP contribution in [-0.4, -0.2) is 16.6 Å². The van der Waals surface area contributed by atoms with Gasteiger partial charge in [-0.1, -0.05) is 24.3 Å². The molecule has 5 heteroatoms. The van der Waals surface area contributed by atoms with Gasteiger partial charge in [-0.3, -0.25) is 4.79 Å². The number of hydrogen-bond donors (Lipinski definition) is 1. The number of nitrogen functional groups attached to an aromatic ring is 1. The number of carbonyl (C=O) groups is 1. The third kappa shape index (κ3) is 2.70. The molecule has 2 aromatic carbocycles. The predicted molar refractivity (Wildman–Crippen MR) is 83.7 cm³/mol. The molecular formula is C17H16FN3O. The van der Waals surface area contributed by atoms with Crippen molar-refractivity contribution in [1.82, 2.24) is 5.01 Å². The van der Waals surface area contributed by atoms with Gasteiger partial charge < -0.3 is 5.73 Å². The first kappa shape index (κ1) is 14.3. The third-order valence-corrected chi connectivity index (χ3v) is 3.73. The van der Waals surface area contributed by atoms with E-state index in [0.29, 0.717) is 12.1 Å². The highest BCUT2D eigenvalue weighted by Gasteiger charge is 2.31. The number of carbonyl (C=O) groups excluding carboxylic acids is 1. The molecule has 112 valence electrons. The Bertz CT molecular complexity index is 723. The largest absolute Gasteiger partial charge is 0.399 e. The van der Waals surface area contributed by atoms with Crippen LogP contribution in [0, 0.1) is 5.82 Å². The molecule has 0 saturated carbocycles. The van der Waals surface area contributed by atoms with Gasteiger partial charge in [-0.15, -0.1) is 0 Å². The molecule has 3 rings (SSSR count). The summed E-state index contributed by atoms with van der Waals surface area (Å²) in [6.45, 7) is 1.48. The second-order valence-electron chi connectivity index (χ2n) is 5.30. The number of nitrogens with two attached hydrogens (primary N) is 1. The van der Waals surface area contributed by atoms with Crippen LogP contribution in [0.15, 0.2) is 53.6 Å². The summed E-state index contributed by atoms with van der Waals surface area (Å²) in [6.07, 6.45) is 0.592. The van der Waals surface area contributed by atoms with E-state index in [0.717, 1.165) is 16.8 Å². The number of hydrazone groups is 1. The zero-order valence-electron chi connectivity index (χ0n) is 12.2. The summed E-state index contributed by atoms with van der Waals surface area (Å²) < 4.78 is 13.1. The zero-order chi connectivity index (χ0) is 15.7. The van der Waals surface area contributed by atoms with E-state index in [-0.39, 0.29) is 17.8 Å². The number of halogens is 1. The Kier molecular flexibility index (Phi) is 3.63. The first-order valence-electron chi connectivity index (χ1n) is 7.03. The summed E-state index contributed by atoms with van der Waals surface area (Å²) in [6, 6.07) is 13.4. The second kappa shape index (κ2) is 5.60. The van der Waals surface area contributed by atoms with Crippen molar-refractivity contribution in [3.8, 4) is 0 Å². The molecule has 0 fully saturated rings. The van der Waals surface area contributed by atoms with Crippen LogP contribution < -0.4 is 5.73 Å². The molecule has 1 unspecified atom stereocenters. The molecule has 0 radical (unpaired) electrons. The fourth-order valence-electron chi connectivity index (χ4n) is 2.60. The van der Waals surface area contributed by atoms with Crippen LogP contribution in [0.1, 0.15) is 30.5 Å². The predicted octanol–water partition coefficient (Wildman–Crippen LogP) is 3.11. The minimum absolute atomic E-state index is 0.139. The van der Waals surface area contributed by atoms with E-state index in [1.54, 1.807) is 24.3 Å². The maximum Gasteiger partial charge on any atom is 0.240 e. The first-order chi connectivity index (χ1) is 10.5. The van der Waals surface area contributed by atoms with Gasteiger partial charge >= 0.3 is 0 Å². The van der Waals surface area contributed by atoms with Crippen LogP contribution >= 0.6 is 0 Å². The van der Waals surface area contributed by atoms with Gasteiger partial charge in [0, 0.05) is 19.0 Å². The highest BCUT2D eigenvalue weighted by atomic mass is 19.1. The van der Waals surface area contributed by atoms with Gasteiger partial charge in [0.05, 0.1) is 11.8 Å². The Labute approximate surface area is 128 Å². The van der Waals surface area contributed by atoms with Crippen LogP contribution in [0.2, 0.25) is 0 Å². The average molecular weight is 297 g/mol. The van der Waals surface area contributed by atoms with Crippen LogP contribution in [0.5, 0.6) is 0 Å². The molecule has 1 amide bonds. The standard InChI is InChI=1S/C17H16FN3O/c1-11(22)21-17(13-2-6-14(18)7-3-13)10-16(20-21)12-4-8-15(19)9-5-12/h2-9,17H,10,19H2,1H3. The van der Waals surface area contributed by atoms with Crippen molar-refractivity contribution < 1.29 is 9.18 Å². The first-order valence-corrected chi connectivity index (χ1v) is 7.03. The Morgan fingerprint density at radius 3 is 2.41 bits per heavy atom. The maximum absolute atomic E-state index is 13.1. The van der Waals surface area contributed by atoms with Gasteiger partial charge in [0.25, 0.3) is 0 Å². The fraction of sp³-hybridized carbons (Fsp3) is 0.176. The smallest absolute Gasteiger partial charge is 0.240 e. The molecule has 0 aliphatic carbocycles. The lowest BCUT2D eigenvalue weighted by molar-refractivity contribution is -0.130. The lowest BCUT2D eigenvalue weighted by Crippen LogP contribution is -2.24. The molecule has 1 heterocycles. The fourth-order valence-corrected chi connectivity index (χ4v) is 2.60. The summed E-state index contributed by atoms with van der Waals surface area (Å²) in [5.74, 6) is -0.435. The molecule has 0 bridgehead atoms. The number of hydrogen-bond acceptors (Lipinski definition) is 3. The third-order valence-electron chi connectivity index (χ3n) is 3.73. The van der Waals surface area contributed by atoms with E-state index in [2.05, 4.69) is 5.10 Å². The number of anilines is 1. The molecule has 0 saturated heterocycles. The van der Waals surface area contributed by atoms with Crippen molar-refractivity contribution in [3.05, 3.63) is 65.5 Å². The SMILES string of the molecule is CC(=O)N1N=C(c2ccc(N)cc2)CC1c1ccc(F)cc1. The van der Waals surface area contributed by atoms with Crippen LogP contribution in [-0.2, 0) is 4.79 Å². The summed E-state index contributed by atoms with van der Waals surface area (Å²) >= 11 is 0. The summed E-state index contributed by atoms with van der Waals surface area (Å²) in [5.41, 5.74) is 9.00. The molecule has 0 spiro atoms. The van der Waals surface area contributed by atoms with Crippen molar-refractivity contribution in [3.63, 3.8) is 0 Å². The lowest BCUT2D eigenvalue weighted by atomic mass is 9.98. The quantitative estimate of drug-likeness (QED) is 0.866. The molecule has 1 atom stereocenters. The molecule has 2 N–H and O–H groups in total. The monoisotopic (exact) mass is 297 g/mol. The lowest BCUT2D eigenvalue weighted by Gasteiger charge is -2.20. The molecular weight excluding hydrogens is 281 g/mol. The van der Waals surface area contributed by atoms with Crippen molar-refractivity contribution in [2.45, 2.75) is 19.4 Å². The molecule has 1 aliphatic heterocycles. The summed E-state index contributed by atoms with van der Waals surface area (Å²) in [4.78, 5) is 11.9. The molecule has 2 aromatic rings. The molecule has 0 aromatic heterocycles. The Balaban J connectivity index is 1.92. The second-order valence-corrected chi connectivity index (χ2v) is 5.30. The highest BCUT2D eigenvalue weighted by Crippen LogP contribution is 2.32. The van der Waals surface area contributed by atoms with Gasteiger partial charge in [-0.2, -0.15) is 5.10 Å².